The molecule has 1 saturated carbocycles. The van der Waals surface area contributed by atoms with Gasteiger partial charge < -0.3 is 19.8 Å². The molecule has 168 valence electrons. The number of H-pyrrole nitrogens is 1. The zero-order chi connectivity index (χ0) is 21.9. The summed E-state index contributed by atoms with van der Waals surface area (Å²) in [5, 5.41) is 4.85. The number of hydrogen-bond donors (Lipinski definition) is 2. The molecule has 3 aromatic heterocycles. The van der Waals surface area contributed by atoms with Gasteiger partial charge in [-0.3, -0.25) is 0 Å². The molecule has 5 heterocycles. The number of piperidine rings is 1. The molecule has 7 rings (SSSR count). The molecular formula is C27H30N6. The third-order valence-electron chi connectivity index (χ3n) is 7.91. The van der Waals surface area contributed by atoms with Crippen LogP contribution in [0.2, 0.25) is 0 Å². The van der Waals surface area contributed by atoms with Gasteiger partial charge >= 0.3 is 0 Å². The summed E-state index contributed by atoms with van der Waals surface area (Å²) in [6.07, 6.45) is 7.08. The summed E-state index contributed by atoms with van der Waals surface area (Å²) < 4.78 is 2.35. The Kier molecular flexibility index (Phi) is 4.37. The smallest absolute Gasteiger partial charge is 0.155 e. The Morgan fingerprint density at radius 2 is 2.06 bits per heavy atom. The Morgan fingerprint density at radius 3 is 2.97 bits per heavy atom. The van der Waals surface area contributed by atoms with Crippen LogP contribution in [0.5, 0.6) is 0 Å². The molecule has 2 atom stereocenters. The molecule has 6 heteroatoms. The van der Waals surface area contributed by atoms with E-state index in [1.54, 1.807) is 0 Å². The number of nitrogens with zero attached hydrogens (tertiary/aromatic N) is 4. The number of pyridine rings is 1. The summed E-state index contributed by atoms with van der Waals surface area (Å²) in [6, 6.07) is 13.5. The third kappa shape index (κ3) is 3.35. The van der Waals surface area contributed by atoms with Crippen LogP contribution in [-0.2, 0) is 6.54 Å². The number of benzene rings is 1. The molecule has 4 aromatic rings. The van der Waals surface area contributed by atoms with E-state index < -0.39 is 0 Å². The minimum atomic E-state index is 0.611. The lowest BCUT2D eigenvalue weighted by atomic mass is 9.92. The van der Waals surface area contributed by atoms with Crippen LogP contribution >= 0.6 is 0 Å². The first-order valence-corrected chi connectivity index (χ1v) is 12.3. The first-order chi connectivity index (χ1) is 16.2. The highest BCUT2D eigenvalue weighted by Gasteiger charge is 2.33. The van der Waals surface area contributed by atoms with E-state index in [-0.39, 0.29) is 0 Å². The molecule has 2 saturated heterocycles. The summed E-state index contributed by atoms with van der Waals surface area (Å²) in [7, 11) is 0. The number of rotatable bonds is 5. The van der Waals surface area contributed by atoms with Gasteiger partial charge in [0.1, 0.15) is 5.65 Å². The lowest BCUT2D eigenvalue weighted by Crippen LogP contribution is -2.45. The van der Waals surface area contributed by atoms with Gasteiger partial charge in [-0.1, -0.05) is 12.6 Å². The standard InChI is InChI=1S/C27H30N6/c1-17(32-12-9-19-8-11-28-24(19)16-32)20-6-7-22-23(13-20)31-26(30-22)25-14-21-3-2-10-29-27(21)33(25)15-18-4-5-18/h2-3,6-7,10,13-14,18-19,24,28H,1,4-5,8-9,11-12,15-16H2,(H,30,31). The van der Waals surface area contributed by atoms with E-state index in [4.69, 9.17) is 4.98 Å². The summed E-state index contributed by atoms with van der Waals surface area (Å²) in [5.41, 5.74) is 6.53. The molecule has 2 aliphatic heterocycles. The van der Waals surface area contributed by atoms with E-state index in [9.17, 15) is 0 Å². The lowest BCUT2D eigenvalue weighted by Gasteiger charge is -2.37. The van der Waals surface area contributed by atoms with Crippen LogP contribution in [0, 0.1) is 11.8 Å². The van der Waals surface area contributed by atoms with Crippen LogP contribution in [0.25, 0.3) is 39.3 Å². The maximum atomic E-state index is 4.97. The van der Waals surface area contributed by atoms with Crippen LogP contribution in [0.4, 0.5) is 0 Å². The SMILES string of the molecule is C=C(c1ccc2nc(-c3cc4cccnc4n3CC3CC3)[nH]c2c1)N1CCC2CCNC2C1. The number of nitrogens with one attached hydrogen (secondary N) is 2. The van der Waals surface area contributed by atoms with Crippen molar-refractivity contribution >= 4 is 27.8 Å². The van der Waals surface area contributed by atoms with Gasteiger partial charge in [-0.05, 0) is 80.0 Å². The number of imidazole rings is 1. The van der Waals surface area contributed by atoms with Gasteiger partial charge in [0.2, 0.25) is 0 Å². The minimum Gasteiger partial charge on any atom is -0.370 e. The Balaban J connectivity index is 1.22. The van der Waals surface area contributed by atoms with Crippen molar-refractivity contribution in [1.29, 1.82) is 0 Å². The van der Waals surface area contributed by atoms with Crippen LogP contribution < -0.4 is 5.32 Å². The molecule has 0 radical (unpaired) electrons. The van der Waals surface area contributed by atoms with Gasteiger partial charge in [0, 0.05) is 43.0 Å². The van der Waals surface area contributed by atoms with E-state index >= 15 is 0 Å². The second-order valence-electron chi connectivity index (χ2n) is 10.1. The maximum absolute atomic E-state index is 4.97. The van der Waals surface area contributed by atoms with Gasteiger partial charge in [0.25, 0.3) is 0 Å². The highest BCUT2D eigenvalue weighted by atomic mass is 15.2. The zero-order valence-electron chi connectivity index (χ0n) is 18.9. The molecule has 6 nitrogen and oxygen atoms in total. The summed E-state index contributed by atoms with van der Waals surface area (Å²) >= 11 is 0. The number of fused-ring (bicyclic) bond motifs is 3. The highest BCUT2D eigenvalue weighted by molar-refractivity contribution is 5.87. The molecular weight excluding hydrogens is 408 g/mol. The van der Waals surface area contributed by atoms with Crippen molar-refractivity contribution in [3.8, 4) is 11.5 Å². The van der Waals surface area contributed by atoms with Crippen LogP contribution in [-0.4, -0.2) is 50.1 Å². The summed E-state index contributed by atoms with van der Waals surface area (Å²) in [4.78, 5) is 15.7. The molecule has 2 unspecified atom stereocenters. The van der Waals surface area contributed by atoms with Crippen LogP contribution in [0.3, 0.4) is 0 Å². The number of aromatic amines is 1. The fourth-order valence-electron chi connectivity index (χ4n) is 5.80. The Morgan fingerprint density at radius 1 is 1.12 bits per heavy atom. The van der Waals surface area contributed by atoms with Crippen molar-refractivity contribution in [3.05, 3.63) is 54.7 Å². The van der Waals surface area contributed by atoms with Crippen molar-refractivity contribution in [2.24, 2.45) is 11.8 Å². The largest absolute Gasteiger partial charge is 0.370 e. The second-order valence-corrected chi connectivity index (χ2v) is 10.1. The van der Waals surface area contributed by atoms with Gasteiger partial charge in [-0.25, -0.2) is 9.97 Å². The van der Waals surface area contributed by atoms with E-state index in [0.717, 1.165) is 71.9 Å². The monoisotopic (exact) mass is 438 g/mol. The van der Waals surface area contributed by atoms with E-state index in [0.29, 0.717) is 6.04 Å². The predicted octanol–water partition coefficient (Wildman–Crippen LogP) is 4.64. The van der Waals surface area contributed by atoms with Crippen molar-refractivity contribution in [2.45, 2.75) is 38.3 Å². The maximum Gasteiger partial charge on any atom is 0.155 e. The molecule has 0 spiro atoms. The first kappa shape index (κ1) is 19.4. The quantitative estimate of drug-likeness (QED) is 0.476. The summed E-state index contributed by atoms with van der Waals surface area (Å²) in [6.45, 7) is 8.80. The highest BCUT2D eigenvalue weighted by Crippen LogP contribution is 2.36. The van der Waals surface area contributed by atoms with Gasteiger partial charge in [0.15, 0.2) is 5.82 Å². The van der Waals surface area contributed by atoms with Crippen LogP contribution in [0.15, 0.2) is 49.2 Å². The van der Waals surface area contributed by atoms with E-state index in [1.807, 2.05) is 12.3 Å². The molecule has 2 N–H and O–H groups in total. The second kappa shape index (κ2) is 7.45. The van der Waals surface area contributed by atoms with Gasteiger partial charge in [0.05, 0.1) is 16.7 Å². The average molecular weight is 439 g/mol. The predicted molar refractivity (Wildman–Crippen MR) is 133 cm³/mol. The zero-order valence-corrected chi connectivity index (χ0v) is 18.9. The van der Waals surface area contributed by atoms with E-state index in [1.165, 1.54) is 36.6 Å². The fraction of sp³-hybridized carbons (Fsp3) is 0.407. The Hall–Kier alpha value is -3.12. The van der Waals surface area contributed by atoms with Crippen molar-refractivity contribution in [2.75, 3.05) is 19.6 Å². The Labute approximate surface area is 193 Å². The molecule has 3 aliphatic rings. The van der Waals surface area contributed by atoms with Gasteiger partial charge in [-0.2, -0.15) is 0 Å². The molecule has 3 fully saturated rings. The lowest BCUT2D eigenvalue weighted by molar-refractivity contribution is 0.231. The van der Waals surface area contributed by atoms with Crippen LogP contribution in [0.1, 0.15) is 31.2 Å². The number of likely N-dealkylation sites (tertiary alicyclic amines) is 1. The number of hydrogen-bond acceptors (Lipinski definition) is 4. The molecule has 33 heavy (non-hydrogen) atoms. The van der Waals surface area contributed by atoms with Crippen molar-refractivity contribution < 1.29 is 0 Å². The normalized spacial score (nSPS) is 22.8. The fourth-order valence-corrected chi connectivity index (χ4v) is 5.80. The molecule has 0 amide bonds. The Bertz CT molecular complexity index is 1360. The van der Waals surface area contributed by atoms with E-state index in [2.05, 4.69) is 61.7 Å². The molecule has 0 bridgehead atoms. The third-order valence-corrected chi connectivity index (χ3v) is 7.91. The van der Waals surface area contributed by atoms with Crippen molar-refractivity contribution in [3.63, 3.8) is 0 Å². The first-order valence-electron chi connectivity index (χ1n) is 12.3. The molecule has 1 aromatic carbocycles. The summed E-state index contributed by atoms with van der Waals surface area (Å²) in [5.74, 6) is 2.52. The van der Waals surface area contributed by atoms with Crippen molar-refractivity contribution in [1.82, 2.24) is 29.7 Å². The topological polar surface area (TPSA) is 61.8 Å². The average Bonchev–Trinajstić information content (AvgIpc) is 3.23. The van der Waals surface area contributed by atoms with Gasteiger partial charge in [-0.15, -0.1) is 0 Å². The number of aromatic nitrogens is 4. The minimum absolute atomic E-state index is 0.611. The molecule has 1 aliphatic carbocycles.